The normalized spacial score (nSPS) is 15.9. The quantitative estimate of drug-likeness (QED) is 0.605. The van der Waals surface area contributed by atoms with Crippen LogP contribution in [-0.2, 0) is 16.0 Å². The predicted octanol–water partition coefficient (Wildman–Crippen LogP) is 4.40. The van der Waals surface area contributed by atoms with Gasteiger partial charge in [-0.15, -0.1) is 0 Å². The van der Waals surface area contributed by atoms with Gasteiger partial charge in [-0.1, -0.05) is 42.5 Å². The number of likely N-dealkylation sites (tertiary alicyclic amines) is 1. The van der Waals surface area contributed by atoms with E-state index in [1.54, 1.807) is 0 Å². The molecule has 4 rings (SSSR count). The molecule has 1 aliphatic heterocycles. The number of carbonyl (C=O) groups excluding carboxylic acids is 2. The molecule has 0 spiro atoms. The minimum absolute atomic E-state index is 0.0761. The molecule has 1 fully saturated rings. The predicted molar refractivity (Wildman–Crippen MR) is 128 cm³/mol. The Balaban J connectivity index is 1.42. The van der Waals surface area contributed by atoms with Crippen molar-refractivity contribution in [1.29, 1.82) is 0 Å². The number of para-hydroxylation sites is 2. The Bertz CT molecular complexity index is 1060. The number of aromatic nitrogens is 2. The molecule has 1 aliphatic rings. The van der Waals surface area contributed by atoms with E-state index in [-0.39, 0.29) is 11.8 Å². The number of H-pyrrole nitrogens is 1. The summed E-state index contributed by atoms with van der Waals surface area (Å²) in [6, 6.07) is 17.1. The second kappa shape index (κ2) is 9.65. The number of alkyl carbamates (subject to hydrolysis) is 1. The number of ether oxygens (including phenoxy) is 1. The number of amides is 2. The molecule has 2 N–H and O–H groups in total. The first-order chi connectivity index (χ1) is 15.8. The summed E-state index contributed by atoms with van der Waals surface area (Å²) in [5.74, 6) is 1.19. The number of hydrogen-bond acceptors (Lipinski definition) is 4. The molecule has 0 aliphatic carbocycles. The molecule has 2 amide bonds. The minimum Gasteiger partial charge on any atom is -0.444 e. The highest BCUT2D eigenvalue weighted by Gasteiger charge is 2.32. The van der Waals surface area contributed by atoms with E-state index < -0.39 is 17.7 Å². The van der Waals surface area contributed by atoms with Crippen LogP contribution < -0.4 is 5.32 Å². The van der Waals surface area contributed by atoms with Gasteiger partial charge in [-0.2, -0.15) is 0 Å². The molecular weight excluding hydrogens is 416 g/mol. The van der Waals surface area contributed by atoms with E-state index in [0.29, 0.717) is 19.5 Å². The van der Waals surface area contributed by atoms with Crippen LogP contribution in [0.4, 0.5) is 4.79 Å². The first-order valence-electron chi connectivity index (χ1n) is 11.6. The lowest BCUT2D eigenvalue weighted by atomic mass is 9.95. The van der Waals surface area contributed by atoms with Crippen LogP contribution in [0.5, 0.6) is 0 Å². The number of fused-ring (bicyclic) bond motifs is 1. The number of carbonyl (C=O) groups is 2. The van der Waals surface area contributed by atoms with Crippen LogP contribution in [-0.4, -0.2) is 51.6 Å². The third-order valence-electron chi connectivity index (χ3n) is 5.87. The van der Waals surface area contributed by atoms with Crippen molar-refractivity contribution in [3.63, 3.8) is 0 Å². The van der Waals surface area contributed by atoms with Crippen LogP contribution in [0, 0.1) is 0 Å². The van der Waals surface area contributed by atoms with Gasteiger partial charge in [-0.05, 0) is 51.3 Å². The Kier molecular flexibility index (Phi) is 6.67. The maximum atomic E-state index is 13.4. The molecule has 1 atom stereocenters. The van der Waals surface area contributed by atoms with Gasteiger partial charge in [0.1, 0.15) is 17.5 Å². The van der Waals surface area contributed by atoms with Gasteiger partial charge in [0.25, 0.3) is 0 Å². The van der Waals surface area contributed by atoms with E-state index in [1.807, 2.05) is 80.3 Å². The zero-order valence-electron chi connectivity index (χ0n) is 19.5. The smallest absolute Gasteiger partial charge is 0.408 e. The number of aromatic amines is 1. The zero-order valence-corrected chi connectivity index (χ0v) is 19.5. The second-order valence-electron chi connectivity index (χ2n) is 9.63. The van der Waals surface area contributed by atoms with Gasteiger partial charge in [0.2, 0.25) is 5.91 Å². The molecular formula is C26H32N4O3. The number of piperidine rings is 1. The average molecular weight is 449 g/mol. The highest BCUT2D eigenvalue weighted by atomic mass is 16.6. The first kappa shape index (κ1) is 22.8. The molecule has 33 heavy (non-hydrogen) atoms. The molecule has 1 aromatic heterocycles. The van der Waals surface area contributed by atoms with Crippen molar-refractivity contribution in [2.75, 3.05) is 13.1 Å². The van der Waals surface area contributed by atoms with Crippen LogP contribution in [0.2, 0.25) is 0 Å². The number of nitrogens with zero attached hydrogens (tertiary/aromatic N) is 2. The Labute approximate surface area is 194 Å². The number of hydrogen-bond donors (Lipinski definition) is 2. The summed E-state index contributed by atoms with van der Waals surface area (Å²) >= 11 is 0. The molecule has 2 heterocycles. The molecule has 174 valence electrons. The lowest BCUT2D eigenvalue weighted by molar-refractivity contribution is -0.134. The Hall–Kier alpha value is -3.35. The van der Waals surface area contributed by atoms with E-state index in [2.05, 4.69) is 10.3 Å². The molecule has 0 saturated carbocycles. The maximum absolute atomic E-state index is 13.4. The lowest BCUT2D eigenvalue weighted by Gasteiger charge is -2.34. The summed E-state index contributed by atoms with van der Waals surface area (Å²) in [7, 11) is 0. The van der Waals surface area contributed by atoms with Crippen LogP contribution in [0.1, 0.15) is 50.9 Å². The fourth-order valence-electron chi connectivity index (χ4n) is 4.26. The molecule has 0 bridgehead atoms. The SMILES string of the molecule is CC(C)(C)OC(=O)NC(Cc1ccccc1)C(=O)N1CCC(c2nc3ccccc3[nH]2)CC1. The fraction of sp³-hybridized carbons (Fsp3) is 0.423. The highest BCUT2D eigenvalue weighted by molar-refractivity contribution is 5.86. The van der Waals surface area contributed by atoms with Crippen LogP contribution in [0.15, 0.2) is 54.6 Å². The van der Waals surface area contributed by atoms with E-state index in [0.717, 1.165) is 35.3 Å². The summed E-state index contributed by atoms with van der Waals surface area (Å²) in [5, 5.41) is 2.81. The second-order valence-corrected chi connectivity index (χ2v) is 9.63. The van der Waals surface area contributed by atoms with Gasteiger partial charge in [0.05, 0.1) is 11.0 Å². The van der Waals surface area contributed by atoms with Crippen molar-refractivity contribution in [1.82, 2.24) is 20.2 Å². The van der Waals surface area contributed by atoms with Crippen LogP contribution in [0.3, 0.4) is 0 Å². The summed E-state index contributed by atoms with van der Waals surface area (Å²) in [6.45, 7) is 6.68. The Morgan fingerprint density at radius 3 is 2.42 bits per heavy atom. The molecule has 7 nitrogen and oxygen atoms in total. The number of imidazole rings is 1. The van der Waals surface area contributed by atoms with Gasteiger partial charge in [0.15, 0.2) is 0 Å². The van der Waals surface area contributed by atoms with E-state index in [9.17, 15) is 9.59 Å². The molecule has 3 aromatic rings. The van der Waals surface area contributed by atoms with Crippen molar-refractivity contribution < 1.29 is 14.3 Å². The summed E-state index contributed by atoms with van der Waals surface area (Å²) < 4.78 is 5.41. The molecule has 2 aromatic carbocycles. The van der Waals surface area contributed by atoms with Gasteiger partial charge >= 0.3 is 6.09 Å². The summed E-state index contributed by atoms with van der Waals surface area (Å²) in [4.78, 5) is 35.9. The number of nitrogens with one attached hydrogen (secondary N) is 2. The van der Waals surface area contributed by atoms with Gasteiger partial charge in [-0.3, -0.25) is 4.79 Å². The molecule has 7 heteroatoms. The van der Waals surface area contributed by atoms with Crippen molar-refractivity contribution >= 4 is 23.0 Å². The van der Waals surface area contributed by atoms with Gasteiger partial charge in [-0.25, -0.2) is 9.78 Å². The van der Waals surface area contributed by atoms with E-state index in [1.165, 1.54) is 0 Å². The molecule has 1 unspecified atom stereocenters. The van der Waals surface area contributed by atoms with E-state index in [4.69, 9.17) is 9.72 Å². The number of rotatable bonds is 5. The fourth-order valence-corrected chi connectivity index (χ4v) is 4.26. The largest absolute Gasteiger partial charge is 0.444 e. The number of benzene rings is 2. The lowest BCUT2D eigenvalue weighted by Crippen LogP contribution is -2.52. The van der Waals surface area contributed by atoms with Crippen LogP contribution >= 0.6 is 0 Å². The highest BCUT2D eigenvalue weighted by Crippen LogP contribution is 2.28. The van der Waals surface area contributed by atoms with Crippen LogP contribution in [0.25, 0.3) is 11.0 Å². The average Bonchev–Trinajstić information content (AvgIpc) is 3.22. The van der Waals surface area contributed by atoms with Gasteiger partial charge < -0.3 is 19.9 Å². The Morgan fingerprint density at radius 2 is 1.76 bits per heavy atom. The monoisotopic (exact) mass is 448 g/mol. The standard InChI is InChI=1S/C26H32N4O3/c1-26(2,3)33-25(32)29-22(17-18-9-5-4-6-10-18)24(31)30-15-13-19(14-16-30)23-27-20-11-7-8-12-21(20)28-23/h4-12,19,22H,13-17H2,1-3H3,(H,27,28)(H,29,32). The van der Waals surface area contributed by atoms with Gasteiger partial charge in [0, 0.05) is 25.4 Å². The van der Waals surface area contributed by atoms with Crippen molar-refractivity contribution in [2.24, 2.45) is 0 Å². The summed E-state index contributed by atoms with van der Waals surface area (Å²) in [5.41, 5.74) is 2.37. The minimum atomic E-state index is -0.676. The van der Waals surface area contributed by atoms with E-state index >= 15 is 0 Å². The maximum Gasteiger partial charge on any atom is 0.408 e. The molecule has 0 radical (unpaired) electrons. The summed E-state index contributed by atoms with van der Waals surface area (Å²) in [6.07, 6.45) is 1.50. The third-order valence-corrected chi connectivity index (χ3v) is 5.87. The van der Waals surface area contributed by atoms with Crippen molar-refractivity contribution in [3.05, 3.63) is 66.0 Å². The topological polar surface area (TPSA) is 87.3 Å². The van der Waals surface area contributed by atoms with Crippen molar-refractivity contribution in [2.45, 2.75) is 57.6 Å². The molecule has 1 saturated heterocycles. The Morgan fingerprint density at radius 1 is 1.09 bits per heavy atom. The third kappa shape index (κ3) is 5.92. The first-order valence-corrected chi connectivity index (χ1v) is 11.6. The zero-order chi connectivity index (χ0) is 23.4. The van der Waals surface area contributed by atoms with Crippen molar-refractivity contribution in [3.8, 4) is 0 Å².